The molecule has 0 amide bonds. The SMILES string of the molecule is CS[C@@H](C1CCC(C)C1)C(C)(C)C. The minimum atomic E-state index is 0.480. The molecule has 1 saturated carbocycles. The van der Waals surface area contributed by atoms with Gasteiger partial charge in [0.05, 0.1) is 0 Å². The average molecular weight is 200 g/mol. The van der Waals surface area contributed by atoms with Crippen molar-refractivity contribution in [3.8, 4) is 0 Å². The first-order chi connectivity index (χ1) is 5.95. The molecule has 0 spiro atoms. The van der Waals surface area contributed by atoms with Gasteiger partial charge in [-0.25, -0.2) is 0 Å². The number of hydrogen-bond acceptors (Lipinski definition) is 1. The van der Waals surface area contributed by atoms with Crippen molar-refractivity contribution in [2.45, 2.75) is 52.2 Å². The van der Waals surface area contributed by atoms with Gasteiger partial charge in [-0.1, -0.05) is 34.1 Å². The molecular weight excluding hydrogens is 176 g/mol. The highest BCUT2D eigenvalue weighted by molar-refractivity contribution is 7.99. The summed E-state index contributed by atoms with van der Waals surface area (Å²) >= 11 is 2.08. The van der Waals surface area contributed by atoms with Crippen LogP contribution in [0.15, 0.2) is 0 Å². The van der Waals surface area contributed by atoms with Crippen LogP contribution in [0.3, 0.4) is 0 Å². The van der Waals surface area contributed by atoms with E-state index in [1.165, 1.54) is 19.3 Å². The van der Waals surface area contributed by atoms with Crippen molar-refractivity contribution in [3.05, 3.63) is 0 Å². The standard InChI is InChI=1S/C12H24S/c1-9-6-7-10(8-9)11(13-5)12(2,3)4/h9-11H,6-8H2,1-5H3/t9?,10?,11-/m0/s1. The summed E-state index contributed by atoms with van der Waals surface area (Å²) in [7, 11) is 0. The normalized spacial score (nSPS) is 32.1. The summed E-state index contributed by atoms with van der Waals surface area (Å²) in [6.07, 6.45) is 6.66. The Morgan fingerprint density at radius 1 is 1.23 bits per heavy atom. The molecular formula is C12H24S. The highest BCUT2D eigenvalue weighted by Crippen LogP contribution is 2.43. The van der Waals surface area contributed by atoms with Crippen molar-refractivity contribution in [2.75, 3.05) is 6.26 Å². The van der Waals surface area contributed by atoms with E-state index in [4.69, 9.17) is 0 Å². The number of hydrogen-bond donors (Lipinski definition) is 0. The zero-order valence-electron chi connectivity index (χ0n) is 9.76. The lowest BCUT2D eigenvalue weighted by Gasteiger charge is -2.34. The molecule has 0 N–H and O–H groups in total. The van der Waals surface area contributed by atoms with Crippen LogP contribution in [0.25, 0.3) is 0 Å². The van der Waals surface area contributed by atoms with E-state index in [2.05, 4.69) is 45.7 Å². The van der Waals surface area contributed by atoms with Gasteiger partial charge in [0.1, 0.15) is 0 Å². The molecule has 0 aromatic heterocycles. The van der Waals surface area contributed by atoms with E-state index in [1.807, 2.05) is 0 Å². The fraction of sp³-hybridized carbons (Fsp3) is 1.00. The van der Waals surface area contributed by atoms with Gasteiger partial charge < -0.3 is 0 Å². The maximum atomic E-state index is 2.40. The molecule has 0 aromatic carbocycles. The van der Waals surface area contributed by atoms with Crippen LogP contribution in [0.2, 0.25) is 0 Å². The van der Waals surface area contributed by atoms with Gasteiger partial charge in [0.15, 0.2) is 0 Å². The van der Waals surface area contributed by atoms with Crippen molar-refractivity contribution < 1.29 is 0 Å². The predicted octanol–water partition coefficient (Wildman–Crippen LogP) is 4.20. The van der Waals surface area contributed by atoms with Gasteiger partial charge in [0.25, 0.3) is 0 Å². The van der Waals surface area contributed by atoms with Crippen LogP contribution in [-0.2, 0) is 0 Å². The van der Waals surface area contributed by atoms with E-state index < -0.39 is 0 Å². The molecule has 1 rings (SSSR count). The van der Waals surface area contributed by atoms with Gasteiger partial charge in [0, 0.05) is 5.25 Å². The molecule has 0 aliphatic heterocycles. The average Bonchev–Trinajstić information content (AvgIpc) is 2.34. The molecule has 0 nitrogen and oxygen atoms in total. The van der Waals surface area contributed by atoms with Crippen LogP contribution < -0.4 is 0 Å². The lowest BCUT2D eigenvalue weighted by Crippen LogP contribution is -2.29. The Labute approximate surface area is 87.9 Å². The summed E-state index contributed by atoms with van der Waals surface area (Å²) in [6, 6.07) is 0. The van der Waals surface area contributed by atoms with E-state index in [1.54, 1.807) is 0 Å². The fourth-order valence-electron chi connectivity index (χ4n) is 2.78. The predicted molar refractivity (Wildman–Crippen MR) is 63.3 cm³/mol. The quantitative estimate of drug-likeness (QED) is 0.644. The lowest BCUT2D eigenvalue weighted by atomic mass is 9.83. The van der Waals surface area contributed by atoms with E-state index in [-0.39, 0.29) is 0 Å². The molecule has 78 valence electrons. The van der Waals surface area contributed by atoms with Gasteiger partial charge in [0.2, 0.25) is 0 Å². The Morgan fingerprint density at radius 2 is 1.85 bits per heavy atom. The second-order valence-corrected chi connectivity index (χ2v) is 6.68. The number of thioether (sulfide) groups is 1. The smallest absolute Gasteiger partial charge is 0.0121 e. The summed E-state index contributed by atoms with van der Waals surface area (Å²) in [5.74, 6) is 1.95. The van der Waals surface area contributed by atoms with Crippen molar-refractivity contribution in [1.82, 2.24) is 0 Å². The van der Waals surface area contributed by atoms with Gasteiger partial charge in [-0.15, -0.1) is 0 Å². The van der Waals surface area contributed by atoms with Crippen LogP contribution in [0.4, 0.5) is 0 Å². The van der Waals surface area contributed by atoms with Crippen LogP contribution >= 0.6 is 11.8 Å². The number of rotatable bonds is 2. The Kier molecular flexibility index (Phi) is 3.73. The van der Waals surface area contributed by atoms with E-state index in [0.29, 0.717) is 5.41 Å². The van der Waals surface area contributed by atoms with Gasteiger partial charge in [-0.05, 0) is 36.3 Å². The summed E-state index contributed by atoms with van der Waals surface area (Å²) < 4.78 is 0. The Morgan fingerprint density at radius 3 is 2.15 bits per heavy atom. The Hall–Kier alpha value is 0.350. The monoisotopic (exact) mass is 200 g/mol. The van der Waals surface area contributed by atoms with Crippen LogP contribution in [0.5, 0.6) is 0 Å². The largest absolute Gasteiger partial charge is 0.161 e. The molecule has 1 heteroatoms. The second kappa shape index (κ2) is 4.25. The maximum absolute atomic E-state index is 2.40. The zero-order chi connectivity index (χ0) is 10.1. The maximum Gasteiger partial charge on any atom is 0.0121 e. The van der Waals surface area contributed by atoms with Crippen molar-refractivity contribution in [3.63, 3.8) is 0 Å². The molecule has 1 aliphatic rings. The second-order valence-electron chi connectivity index (χ2n) is 5.70. The summed E-state index contributed by atoms with van der Waals surface area (Å²) in [5.41, 5.74) is 0.480. The molecule has 13 heavy (non-hydrogen) atoms. The topological polar surface area (TPSA) is 0 Å². The molecule has 0 bridgehead atoms. The van der Waals surface area contributed by atoms with Crippen molar-refractivity contribution in [1.29, 1.82) is 0 Å². The molecule has 3 atom stereocenters. The molecule has 2 unspecified atom stereocenters. The summed E-state index contributed by atoms with van der Waals surface area (Å²) in [4.78, 5) is 0. The molecule has 0 saturated heterocycles. The molecule has 0 radical (unpaired) electrons. The lowest BCUT2D eigenvalue weighted by molar-refractivity contribution is 0.308. The molecule has 0 heterocycles. The summed E-state index contributed by atoms with van der Waals surface area (Å²) in [6.45, 7) is 9.56. The third-order valence-corrected chi connectivity index (χ3v) is 4.87. The fourth-order valence-corrected chi connectivity index (χ4v) is 4.12. The first-order valence-electron chi connectivity index (χ1n) is 5.48. The van der Waals surface area contributed by atoms with E-state index in [0.717, 1.165) is 17.1 Å². The third-order valence-electron chi connectivity index (χ3n) is 3.27. The van der Waals surface area contributed by atoms with Gasteiger partial charge in [-0.2, -0.15) is 11.8 Å². The van der Waals surface area contributed by atoms with Gasteiger partial charge in [-0.3, -0.25) is 0 Å². The third kappa shape index (κ3) is 2.90. The minimum Gasteiger partial charge on any atom is -0.161 e. The zero-order valence-corrected chi connectivity index (χ0v) is 10.6. The Balaban J connectivity index is 2.57. The van der Waals surface area contributed by atoms with Gasteiger partial charge >= 0.3 is 0 Å². The molecule has 0 aromatic rings. The molecule has 1 fully saturated rings. The van der Waals surface area contributed by atoms with Crippen LogP contribution in [-0.4, -0.2) is 11.5 Å². The molecule has 1 aliphatic carbocycles. The first kappa shape index (κ1) is 11.4. The Bertz CT molecular complexity index is 157. The van der Waals surface area contributed by atoms with Crippen LogP contribution in [0.1, 0.15) is 47.0 Å². The van der Waals surface area contributed by atoms with Crippen LogP contribution in [0, 0.1) is 17.3 Å². The van der Waals surface area contributed by atoms with E-state index >= 15 is 0 Å². The van der Waals surface area contributed by atoms with Crippen molar-refractivity contribution >= 4 is 11.8 Å². The minimum absolute atomic E-state index is 0.480. The van der Waals surface area contributed by atoms with Crippen molar-refractivity contribution in [2.24, 2.45) is 17.3 Å². The highest BCUT2D eigenvalue weighted by Gasteiger charge is 2.35. The summed E-state index contributed by atoms with van der Waals surface area (Å²) in [5, 5.41) is 0.859. The first-order valence-corrected chi connectivity index (χ1v) is 6.76. The van der Waals surface area contributed by atoms with E-state index in [9.17, 15) is 0 Å². The highest BCUT2D eigenvalue weighted by atomic mass is 32.2.